The van der Waals surface area contributed by atoms with Gasteiger partial charge in [-0.2, -0.15) is 0 Å². The second kappa shape index (κ2) is 14.9. The van der Waals surface area contributed by atoms with Crippen LogP contribution in [0.3, 0.4) is 0 Å². The second-order valence-electron chi connectivity index (χ2n) is 10.7. The molecule has 4 aromatic rings. The van der Waals surface area contributed by atoms with E-state index in [4.69, 9.17) is 14.5 Å². The highest BCUT2D eigenvalue weighted by Crippen LogP contribution is 2.41. The van der Waals surface area contributed by atoms with Crippen molar-refractivity contribution in [3.63, 3.8) is 0 Å². The van der Waals surface area contributed by atoms with Crippen LogP contribution in [0.5, 0.6) is 17.2 Å². The zero-order chi connectivity index (χ0) is 31.6. The van der Waals surface area contributed by atoms with Crippen molar-refractivity contribution in [2.24, 2.45) is 5.92 Å². The molecule has 0 aliphatic rings. The first-order chi connectivity index (χ1) is 21.2. The fourth-order valence-corrected chi connectivity index (χ4v) is 4.70. The molecular weight excluding hydrogens is 556 g/mol. The number of phenolic OH excluding ortho intramolecular Hbond substituents is 1. The molecule has 3 aromatic carbocycles. The number of phenols is 1. The molecule has 0 saturated heterocycles. The molecule has 0 aliphatic heterocycles. The normalized spacial score (nSPS) is 10.9. The Hall–Kier alpha value is -5.05. The summed E-state index contributed by atoms with van der Waals surface area (Å²) in [6.45, 7) is 9.64. The molecule has 1 aromatic heterocycles. The first kappa shape index (κ1) is 31.9. The summed E-state index contributed by atoms with van der Waals surface area (Å²) in [6, 6.07) is 24.7. The monoisotopic (exact) mass is 596 g/mol. The number of nitrogens with one attached hydrogen (secondary N) is 2. The standard InChI is InChI=1S/C35H40N4O5/c1-6-25(7-2)28-18-19-31(24(5)37-28)39(35(42)44-27-16-12-9-13-17-27)32-20-30(36-22-43-26-14-10-8-11-15-26)33(40)21-29(32)38-34(41)23(3)4/h8-21,23,25,36,40H,6-7,22H2,1-5H3,(H,38,41). The molecule has 230 valence electrons. The van der Waals surface area contributed by atoms with E-state index in [0.717, 1.165) is 18.5 Å². The average Bonchev–Trinajstić information content (AvgIpc) is 3.01. The Kier molecular flexibility index (Phi) is 10.8. The molecule has 0 bridgehead atoms. The van der Waals surface area contributed by atoms with E-state index in [-0.39, 0.29) is 47.3 Å². The van der Waals surface area contributed by atoms with Gasteiger partial charge in [0.05, 0.1) is 28.4 Å². The van der Waals surface area contributed by atoms with E-state index < -0.39 is 6.09 Å². The van der Waals surface area contributed by atoms with E-state index in [1.54, 1.807) is 44.2 Å². The van der Waals surface area contributed by atoms with Gasteiger partial charge in [-0.25, -0.2) is 9.69 Å². The summed E-state index contributed by atoms with van der Waals surface area (Å²) in [7, 11) is 0. The maximum absolute atomic E-state index is 14.0. The Morgan fingerprint density at radius 2 is 1.50 bits per heavy atom. The summed E-state index contributed by atoms with van der Waals surface area (Å²) < 4.78 is 11.6. The van der Waals surface area contributed by atoms with Crippen LogP contribution in [0, 0.1) is 12.8 Å². The minimum Gasteiger partial charge on any atom is -0.506 e. The number of carbonyl (C=O) groups excluding carboxylic acids is 2. The van der Waals surface area contributed by atoms with Gasteiger partial charge in [0.1, 0.15) is 17.2 Å². The van der Waals surface area contributed by atoms with Crippen LogP contribution in [0.1, 0.15) is 57.8 Å². The molecule has 0 radical (unpaired) electrons. The summed E-state index contributed by atoms with van der Waals surface area (Å²) in [5, 5.41) is 16.9. The number of aromatic nitrogens is 1. The molecule has 9 heteroatoms. The lowest BCUT2D eigenvalue weighted by atomic mass is 9.98. The van der Waals surface area contributed by atoms with Crippen molar-refractivity contribution < 1.29 is 24.2 Å². The number of carbonyl (C=O) groups is 2. The maximum atomic E-state index is 14.0. The summed E-state index contributed by atoms with van der Waals surface area (Å²) in [5.41, 5.74) is 2.81. The van der Waals surface area contributed by atoms with E-state index >= 15 is 0 Å². The minimum atomic E-state index is -0.714. The van der Waals surface area contributed by atoms with E-state index in [1.165, 1.54) is 11.0 Å². The van der Waals surface area contributed by atoms with Gasteiger partial charge in [0.2, 0.25) is 5.91 Å². The largest absolute Gasteiger partial charge is 0.506 e. The average molecular weight is 597 g/mol. The van der Waals surface area contributed by atoms with Crippen molar-refractivity contribution in [2.75, 3.05) is 22.3 Å². The van der Waals surface area contributed by atoms with Gasteiger partial charge < -0.3 is 25.2 Å². The Balaban J connectivity index is 1.82. The number of nitrogens with zero attached hydrogens (tertiary/aromatic N) is 2. The number of benzene rings is 3. The molecule has 2 amide bonds. The smallest absolute Gasteiger partial charge is 0.424 e. The highest BCUT2D eigenvalue weighted by Gasteiger charge is 2.28. The van der Waals surface area contributed by atoms with E-state index in [2.05, 4.69) is 24.5 Å². The predicted molar refractivity (Wildman–Crippen MR) is 174 cm³/mol. The Bertz CT molecular complexity index is 1560. The van der Waals surface area contributed by atoms with Crippen LogP contribution in [0.15, 0.2) is 84.9 Å². The maximum Gasteiger partial charge on any atom is 0.424 e. The molecule has 0 fully saturated rings. The number of amides is 2. The number of anilines is 4. The summed E-state index contributed by atoms with van der Waals surface area (Å²) in [5.74, 6) is 0.501. The van der Waals surface area contributed by atoms with Crippen molar-refractivity contribution in [1.82, 2.24) is 4.98 Å². The number of pyridine rings is 1. The van der Waals surface area contributed by atoms with E-state index in [9.17, 15) is 14.7 Å². The summed E-state index contributed by atoms with van der Waals surface area (Å²) in [4.78, 5) is 33.1. The van der Waals surface area contributed by atoms with Crippen molar-refractivity contribution in [3.8, 4) is 17.2 Å². The summed E-state index contributed by atoms with van der Waals surface area (Å²) in [6.07, 6.45) is 1.16. The van der Waals surface area contributed by atoms with Crippen LogP contribution >= 0.6 is 0 Å². The molecule has 0 atom stereocenters. The fourth-order valence-electron chi connectivity index (χ4n) is 4.70. The third-order valence-corrected chi connectivity index (χ3v) is 7.24. The molecule has 9 nitrogen and oxygen atoms in total. The zero-order valence-electron chi connectivity index (χ0n) is 25.8. The van der Waals surface area contributed by atoms with Crippen LogP contribution < -0.4 is 25.0 Å². The highest BCUT2D eigenvalue weighted by molar-refractivity contribution is 6.05. The number of aryl methyl sites for hydroxylation is 1. The molecule has 1 heterocycles. The van der Waals surface area contributed by atoms with Gasteiger partial charge in [-0.1, -0.05) is 64.1 Å². The van der Waals surface area contributed by atoms with Crippen molar-refractivity contribution in [3.05, 3.63) is 96.3 Å². The summed E-state index contributed by atoms with van der Waals surface area (Å²) >= 11 is 0. The Morgan fingerprint density at radius 3 is 2.09 bits per heavy atom. The number of rotatable bonds is 12. The van der Waals surface area contributed by atoms with Crippen LogP contribution in [0.2, 0.25) is 0 Å². The fraction of sp³-hybridized carbons (Fsp3) is 0.286. The predicted octanol–water partition coefficient (Wildman–Crippen LogP) is 8.38. The lowest BCUT2D eigenvalue weighted by Crippen LogP contribution is -2.31. The second-order valence-corrected chi connectivity index (χ2v) is 10.7. The van der Waals surface area contributed by atoms with Crippen LogP contribution in [0.25, 0.3) is 0 Å². The van der Waals surface area contributed by atoms with Crippen molar-refractivity contribution in [1.29, 1.82) is 0 Å². The lowest BCUT2D eigenvalue weighted by Gasteiger charge is -2.27. The third-order valence-electron chi connectivity index (χ3n) is 7.24. The van der Waals surface area contributed by atoms with Crippen molar-refractivity contribution >= 4 is 34.7 Å². The van der Waals surface area contributed by atoms with Gasteiger partial charge in [0.15, 0.2) is 6.73 Å². The molecule has 0 unspecified atom stereocenters. The molecule has 4 rings (SSSR count). The molecule has 0 aliphatic carbocycles. The quantitative estimate of drug-likeness (QED) is 0.111. The number of hydrogen-bond donors (Lipinski definition) is 3. The SMILES string of the molecule is CCC(CC)c1ccc(N(C(=O)Oc2ccccc2)c2cc(NCOc3ccccc3)c(O)cc2NC(=O)C(C)C)c(C)n1. The van der Waals surface area contributed by atoms with Gasteiger partial charge in [0, 0.05) is 23.6 Å². The number of ether oxygens (including phenoxy) is 2. The van der Waals surface area contributed by atoms with Crippen LogP contribution in [-0.4, -0.2) is 28.8 Å². The Morgan fingerprint density at radius 1 is 0.864 bits per heavy atom. The van der Waals surface area contributed by atoms with E-state index in [0.29, 0.717) is 22.9 Å². The molecule has 0 spiro atoms. The zero-order valence-corrected chi connectivity index (χ0v) is 25.8. The van der Waals surface area contributed by atoms with Gasteiger partial charge in [0.25, 0.3) is 0 Å². The number of hydrogen-bond acceptors (Lipinski definition) is 7. The first-order valence-corrected chi connectivity index (χ1v) is 14.9. The molecule has 3 N–H and O–H groups in total. The van der Waals surface area contributed by atoms with Gasteiger partial charge in [-0.15, -0.1) is 0 Å². The number of para-hydroxylation sites is 2. The highest BCUT2D eigenvalue weighted by atomic mass is 16.6. The van der Waals surface area contributed by atoms with Crippen molar-refractivity contribution in [2.45, 2.75) is 53.4 Å². The third kappa shape index (κ3) is 7.86. The molecule has 0 saturated carbocycles. The van der Waals surface area contributed by atoms with Gasteiger partial charge in [-0.05, 0) is 62.2 Å². The van der Waals surface area contributed by atoms with Crippen LogP contribution in [-0.2, 0) is 4.79 Å². The van der Waals surface area contributed by atoms with E-state index in [1.807, 2.05) is 55.5 Å². The minimum absolute atomic E-state index is 0.0356. The molecule has 44 heavy (non-hydrogen) atoms. The molecular formula is C35H40N4O5. The lowest BCUT2D eigenvalue weighted by molar-refractivity contribution is -0.118. The van der Waals surface area contributed by atoms with Gasteiger partial charge in [-0.3, -0.25) is 9.78 Å². The topological polar surface area (TPSA) is 113 Å². The first-order valence-electron chi connectivity index (χ1n) is 14.9. The van der Waals surface area contributed by atoms with Crippen LogP contribution in [0.4, 0.5) is 27.5 Å². The Labute approximate surface area is 258 Å². The van der Waals surface area contributed by atoms with Gasteiger partial charge >= 0.3 is 6.09 Å². The number of aromatic hydroxyl groups is 1.